The highest BCUT2D eigenvalue weighted by Gasteiger charge is 2.27. The van der Waals surface area contributed by atoms with Gasteiger partial charge in [-0.2, -0.15) is 0 Å². The second-order valence-corrected chi connectivity index (χ2v) is 2.49. The van der Waals surface area contributed by atoms with E-state index in [4.69, 9.17) is 5.11 Å². The lowest BCUT2D eigenvalue weighted by Crippen LogP contribution is -2.30. The minimum atomic E-state index is -1.23. The summed E-state index contributed by atoms with van der Waals surface area (Å²) in [6.07, 6.45) is -0.240. The predicted molar refractivity (Wildman–Crippen MR) is 38.9 cm³/mol. The molecule has 7 nitrogen and oxygen atoms in total. The van der Waals surface area contributed by atoms with Crippen LogP contribution in [0, 0.1) is 20.2 Å². The second kappa shape index (κ2) is 4.60. The van der Waals surface area contributed by atoms with Crippen LogP contribution in [0.1, 0.15) is 13.3 Å². The number of nitro groups is 2. The fourth-order valence-electron chi connectivity index (χ4n) is 0.707. The first-order valence-corrected chi connectivity index (χ1v) is 3.37. The molecule has 0 spiro atoms. The summed E-state index contributed by atoms with van der Waals surface area (Å²) in [5.74, 6) is 0. The summed E-state index contributed by atoms with van der Waals surface area (Å²) in [4.78, 5) is 18.9. The molecule has 0 radical (unpaired) electrons. The number of hydrogen-bond donors (Lipinski definition) is 1. The maximum Gasteiger partial charge on any atom is 0.242 e. The van der Waals surface area contributed by atoms with Crippen molar-refractivity contribution in [2.24, 2.45) is 0 Å². The number of hydrogen-bond acceptors (Lipinski definition) is 5. The Hall–Kier alpha value is -1.24. The van der Waals surface area contributed by atoms with Gasteiger partial charge >= 0.3 is 0 Å². The molecule has 7 heteroatoms. The van der Waals surface area contributed by atoms with E-state index < -0.39 is 28.5 Å². The molecular weight excluding hydrogens is 168 g/mol. The average molecular weight is 178 g/mol. The second-order valence-electron chi connectivity index (χ2n) is 2.49. The van der Waals surface area contributed by atoms with Crippen LogP contribution in [0.3, 0.4) is 0 Å². The molecule has 0 aliphatic heterocycles. The summed E-state index contributed by atoms with van der Waals surface area (Å²) in [6, 6.07) is -2.22. The van der Waals surface area contributed by atoms with Crippen LogP contribution < -0.4 is 0 Å². The van der Waals surface area contributed by atoms with Gasteiger partial charge in [0.15, 0.2) is 0 Å². The molecular formula is C5H10N2O5. The minimum absolute atomic E-state index is 0.240. The van der Waals surface area contributed by atoms with Crippen LogP contribution in [0.5, 0.6) is 0 Å². The lowest BCUT2D eigenvalue weighted by Gasteiger charge is -2.06. The smallest absolute Gasteiger partial charge is 0.242 e. The SMILES string of the molecule is CC(CC(CO)[N+](=O)[O-])[N+](=O)[O-]. The van der Waals surface area contributed by atoms with Gasteiger partial charge in [0.05, 0.1) is 6.42 Å². The number of rotatable bonds is 5. The summed E-state index contributed by atoms with van der Waals surface area (Å²) in [5, 5.41) is 28.6. The van der Waals surface area contributed by atoms with E-state index in [-0.39, 0.29) is 6.42 Å². The minimum Gasteiger partial charge on any atom is -0.389 e. The van der Waals surface area contributed by atoms with E-state index in [0.29, 0.717) is 0 Å². The quantitative estimate of drug-likeness (QED) is 0.458. The Balaban J connectivity index is 4.02. The van der Waals surface area contributed by atoms with Crippen LogP contribution in [0.15, 0.2) is 0 Å². The Kier molecular flexibility index (Phi) is 4.12. The summed E-state index contributed by atoms with van der Waals surface area (Å²) in [6.45, 7) is 0.608. The molecule has 0 saturated heterocycles. The van der Waals surface area contributed by atoms with E-state index in [0.717, 1.165) is 0 Å². The molecule has 0 aromatic heterocycles. The molecule has 0 aliphatic carbocycles. The Bertz CT molecular complexity index is 183. The first-order chi connectivity index (χ1) is 5.49. The molecule has 0 fully saturated rings. The number of aliphatic hydroxyl groups excluding tert-OH is 1. The molecule has 0 heterocycles. The van der Waals surface area contributed by atoms with E-state index in [9.17, 15) is 20.2 Å². The Labute approximate surface area is 68.3 Å². The predicted octanol–water partition coefficient (Wildman–Crippen LogP) is -0.321. The van der Waals surface area contributed by atoms with Crippen molar-refractivity contribution in [3.63, 3.8) is 0 Å². The van der Waals surface area contributed by atoms with Crippen molar-refractivity contribution in [2.45, 2.75) is 25.4 Å². The summed E-state index contributed by atoms with van der Waals surface area (Å²) >= 11 is 0. The fourth-order valence-corrected chi connectivity index (χ4v) is 0.707. The standard InChI is InChI=1S/C5H10N2O5/c1-4(6(9)10)2-5(3-8)7(11)12/h4-5,8H,2-3H2,1H3. The average Bonchev–Trinajstić information content (AvgIpc) is 1.98. The third-order valence-electron chi connectivity index (χ3n) is 1.48. The molecule has 70 valence electrons. The molecule has 0 aromatic carbocycles. The normalized spacial score (nSPS) is 15.2. The monoisotopic (exact) mass is 178 g/mol. The highest BCUT2D eigenvalue weighted by Crippen LogP contribution is 2.03. The maximum atomic E-state index is 10.1. The summed E-state index contributed by atoms with van der Waals surface area (Å²) < 4.78 is 0. The zero-order chi connectivity index (χ0) is 9.72. The van der Waals surface area contributed by atoms with Crippen molar-refractivity contribution >= 4 is 0 Å². The van der Waals surface area contributed by atoms with E-state index >= 15 is 0 Å². The van der Waals surface area contributed by atoms with E-state index in [1.54, 1.807) is 0 Å². The Morgan fingerprint density at radius 2 is 1.83 bits per heavy atom. The molecule has 0 aliphatic rings. The van der Waals surface area contributed by atoms with Crippen molar-refractivity contribution in [1.82, 2.24) is 0 Å². The van der Waals surface area contributed by atoms with Gasteiger partial charge < -0.3 is 5.11 Å². The van der Waals surface area contributed by atoms with Gasteiger partial charge in [0.2, 0.25) is 12.1 Å². The third-order valence-corrected chi connectivity index (χ3v) is 1.48. The molecule has 0 saturated carbocycles. The van der Waals surface area contributed by atoms with Crippen molar-refractivity contribution in [2.75, 3.05) is 6.61 Å². The molecule has 2 unspecified atom stereocenters. The van der Waals surface area contributed by atoms with E-state index in [2.05, 4.69) is 0 Å². The number of nitrogens with zero attached hydrogens (tertiary/aromatic N) is 2. The van der Waals surface area contributed by atoms with E-state index in [1.165, 1.54) is 6.92 Å². The van der Waals surface area contributed by atoms with Crippen LogP contribution in [-0.4, -0.2) is 33.6 Å². The van der Waals surface area contributed by atoms with Crippen LogP contribution in [0.4, 0.5) is 0 Å². The summed E-state index contributed by atoms with van der Waals surface area (Å²) in [5.41, 5.74) is 0. The zero-order valence-electron chi connectivity index (χ0n) is 6.54. The topological polar surface area (TPSA) is 107 Å². The number of aliphatic hydroxyl groups is 1. The van der Waals surface area contributed by atoms with Crippen molar-refractivity contribution in [3.8, 4) is 0 Å². The van der Waals surface area contributed by atoms with Crippen LogP contribution >= 0.6 is 0 Å². The molecule has 12 heavy (non-hydrogen) atoms. The van der Waals surface area contributed by atoms with Crippen molar-refractivity contribution < 1.29 is 15.0 Å². The van der Waals surface area contributed by atoms with Crippen LogP contribution in [0.25, 0.3) is 0 Å². The maximum absolute atomic E-state index is 10.1. The van der Waals surface area contributed by atoms with Gasteiger partial charge in [-0.05, 0) is 0 Å². The highest BCUT2D eigenvalue weighted by atomic mass is 16.6. The molecule has 0 aromatic rings. The van der Waals surface area contributed by atoms with Gasteiger partial charge in [-0.1, -0.05) is 0 Å². The third kappa shape index (κ3) is 3.24. The van der Waals surface area contributed by atoms with Crippen LogP contribution in [-0.2, 0) is 0 Å². The van der Waals surface area contributed by atoms with Gasteiger partial charge in [0.1, 0.15) is 6.61 Å². The Morgan fingerprint density at radius 3 is 2.08 bits per heavy atom. The molecule has 1 N–H and O–H groups in total. The lowest BCUT2D eigenvalue weighted by molar-refractivity contribution is -0.559. The first kappa shape index (κ1) is 10.8. The Morgan fingerprint density at radius 1 is 1.33 bits per heavy atom. The van der Waals surface area contributed by atoms with Gasteiger partial charge in [0, 0.05) is 16.8 Å². The zero-order valence-corrected chi connectivity index (χ0v) is 6.54. The largest absolute Gasteiger partial charge is 0.389 e. The summed E-state index contributed by atoms with van der Waals surface area (Å²) in [7, 11) is 0. The molecule has 0 rings (SSSR count). The molecule has 0 bridgehead atoms. The molecule has 0 amide bonds. The lowest BCUT2D eigenvalue weighted by atomic mass is 10.1. The van der Waals surface area contributed by atoms with Crippen molar-refractivity contribution in [1.29, 1.82) is 0 Å². The first-order valence-electron chi connectivity index (χ1n) is 3.37. The van der Waals surface area contributed by atoms with Gasteiger partial charge in [-0.15, -0.1) is 0 Å². The van der Waals surface area contributed by atoms with Gasteiger partial charge in [-0.25, -0.2) is 0 Å². The molecule has 2 atom stereocenters. The van der Waals surface area contributed by atoms with Crippen molar-refractivity contribution in [3.05, 3.63) is 20.2 Å². The van der Waals surface area contributed by atoms with Gasteiger partial charge in [-0.3, -0.25) is 20.2 Å². The van der Waals surface area contributed by atoms with E-state index in [1.807, 2.05) is 0 Å². The van der Waals surface area contributed by atoms with Crippen LogP contribution in [0.2, 0.25) is 0 Å². The van der Waals surface area contributed by atoms with Gasteiger partial charge in [0.25, 0.3) is 0 Å². The fraction of sp³-hybridized carbons (Fsp3) is 1.00. The highest BCUT2D eigenvalue weighted by molar-refractivity contribution is 4.59.